The van der Waals surface area contributed by atoms with Crippen LogP contribution in [0.4, 0.5) is 0 Å². The molecule has 0 aromatic heterocycles. The Bertz CT molecular complexity index is 790. The van der Waals surface area contributed by atoms with Crippen LogP contribution in [0.5, 0.6) is 0 Å². The van der Waals surface area contributed by atoms with E-state index >= 15 is 0 Å². The fourth-order valence-electron chi connectivity index (χ4n) is 6.04. The largest absolute Gasteiger partial charge is 0.460 e. The summed E-state index contributed by atoms with van der Waals surface area (Å²) in [6, 6.07) is -0.0515. The summed E-state index contributed by atoms with van der Waals surface area (Å²) in [5.74, 6) is -0.805. The lowest BCUT2D eigenvalue weighted by atomic mass is 9.83. The Morgan fingerprint density at radius 1 is 1.04 bits per heavy atom. The fraction of sp³-hybridized carbons (Fsp3) is 0.762. The second-order valence-electron chi connectivity index (χ2n) is 9.22. The summed E-state index contributed by atoms with van der Waals surface area (Å²) in [6.07, 6.45) is 3.78. The maximum atomic E-state index is 12.3. The first kappa shape index (κ1) is 18.2. The Hall–Kier alpha value is -1.89. The Kier molecular flexibility index (Phi) is 3.92. The molecule has 5 heterocycles. The summed E-state index contributed by atoms with van der Waals surface area (Å²) in [4.78, 5) is 38.9. The lowest BCUT2D eigenvalue weighted by Gasteiger charge is -2.41. The molecule has 152 valence electrons. The summed E-state index contributed by atoms with van der Waals surface area (Å²) in [6.45, 7) is 5.63. The highest BCUT2D eigenvalue weighted by Crippen LogP contribution is 2.52. The van der Waals surface area contributed by atoms with Gasteiger partial charge < -0.3 is 14.2 Å². The summed E-state index contributed by atoms with van der Waals surface area (Å²) < 4.78 is 17.5. The number of ether oxygens (including phenoxy) is 3. The first-order valence-electron chi connectivity index (χ1n) is 10.4. The van der Waals surface area contributed by atoms with E-state index in [4.69, 9.17) is 14.2 Å². The molecule has 0 amide bonds. The number of cyclic esters (lactones) is 1. The van der Waals surface area contributed by atoms with Gasteiger partial charge in [-0.3, -0.25) is 14.5 Å². The second kappa shape index (κ2) is 6.05. The third-order valence-corrected chi connectivity index (χ3v) is 7.52. The number of carbonyl (C=O) groups is 3. The molecule has 4 saturated heterocycles. The molecular formula is C21H27NO6. The molecular weight excluding hydrogens is 362 g/mol. The van der Waals surface area contributed by atoms with Crippen LogP contribution >= 0.6 is 0 Å². The molecule has 5 aliphatic rings. The van der Waals surface area contributed by atoms with Crippen molar-refractivity contribution in [2.75, 3.05) is 0 Å². The van der Waals surface area contributed by atoms with Crippen molar-refractivity contribution >= 4 is 17.9 Å². The lowest BCUT2D eigenvalue weighted by molar-refractivity contribution is -0.168. The van der Waals surface area contributed by atoms with Crippen LogP contribution in [0.15, 0.2) is 11.1 Å². The van der Waals surface area contributed by atoms with Gasteiger partial charge in [-0.1, -0.05) is 13.8 Å². The van der Waals surface area contributed by atoms with Crippen molar-refractivity contribution in [2.24, 2.45) is 11.8 Å². The van der Waals surface area contributed by atoms with Gasteiger partial charge in [0.2, 0.25) is 0 Å². The highest BCUT2D eigenvalue weighted by molar-refractivity contribution is 5.91. The van der Waals surface area contributed by atoms with E-state index in [0.717, 1.165) is 18.4 Å². The van der Waals surface area contributed by atoms with Gasteiger partial charge in [-0.05, 0) is 44.6 Å². The zero-order chi connectivity index (χ0) is 19.8. The monoisotopic (exact) mass is 389 g/mol. The molecule has 7 heteroatoms. The molecule has 5 rings (SSSR count). The van der Waals surface area contributed by atoms with Crippen LogP contribution in [-0.2, 0) is 28.6 Å². The number of rotatable bonds is 1. The molecule has 0 N–H and O–H groups in total. The van der Waals surface area contributed by atoms with Crippen LogP contribution in [0.3, 0.4) is 0 Å². The summed E-state index contributed by atoms with van der Waals surface area (Å²) in [5.41, 5.74) is 1.11. The number of hydrogen-bond donors (Lipinski definition) is 0. The maximum absolute atomic E-state index is 12.3. The van der Waals surface area contributed by atoms with E-state index in [-0.39, 0.29) is 47.9 Å². The average Bonchev–Trinajstić information content (AvgIpc) is 3.34. The molecule has 28 heavy (non-hydrogen) atoms. The van der Waals surface area contributed by atoms with E-state index in [1.807, 2.05) is 20.8 Å². The van der Waals surface area contributed by atoms with Crippen LogP contribution in [-0.4, -0.2) is 52.8 Å². The number of hydrogen-bond acceptors (Lipinski definition) is 7. The van der Waals surface area contributed by atoms with Crippen LogP contribution in [0.2, 0.25) is 0 Å². The predicted molar refractivity (Wildman–Crippen MR) is 96.7 cm³/mol. The number of esters is 3. The zero-order valence-electron chi connectivity index (χ0n) is 16.6. The maximum Gasteiger partial charge on any atom is 0.335 e. The standard InChI is InChI=1S/C21H27NO6/c1-10-8-15(26-18(10)23)14-4-5-16-21(9-11(2)19(24)28-21)7-6-13-12(3)20(25)27-17(13)22(14)16/h10-11,14-17H,4-9H2,1-3H3. The molecule has 5 aliphatic heterocycles. The fourth-order valence-corrected chi connectivity index (χ4v) is 6.04. The third-order valence-electron chi connectivity index (χ3n) is 7.52. The van der Waals surface area contributed by atoms with Crippen LogP contribution in [0.25, 0.3) is 0 Å². The Balaban J connectivity index is 1.55. The predicted octanol–water partition coefficient (Wildman–Crippen LogP) is 2.09. The minimum absolute atomic E-state index is 0.0257. The van der Waals surface area contributed by atoms with Gasteiger partial charge >= 0.3 is 17.9 Å². The molecule has 1 spiro atoms. The van der Waals surface area contributed by atoms with Gasteiger partial charge in [0.15, 0.2) is 6.23 Å². The normalized spacial score (nSPS) is 45.8. The van der Waals surface area contributed by atoms with Crippen molar-refractivity contribution in [1.82, 2.24) is 4.90 Å². The minimum atomic E-state index is -0.552. The Labute approximate surface area is 164 Å². The summed E-state index contributed by atoms with van der Waals surface area (Å²) >= 11 is 0. The Morgan fingerprint density at radius 2 is 1.82 bits per heavy atom. The van der Waals surface area contributed by atoms with Crippen LogP contribution in [0.1, 0.15) is 59.3 Å². The highest BCUT2D eigenvalue weighted by atomic mass is 16.6. The molecule has 7 atom stereocenters. The molecule has 7 nitrogen and oxygen atoms in total. The highest BCUT2D eigenvalue weighted by Gasteiger charge is 2.61. The van der Waals surface area contributed by atoms with Gasteiger partial charge in [-0.25, -0.2) is 4.79 Å². The third kappa shape index (κ3) is 2.41. The van der Waals surface area contributed by atoms with Crippen molar-refractivity contribution < 1.29 is 28.6 Å². The van der Waals surface area contributed by atoms with Gasteiger partial charge in [0, 0.05) is 12.0 Å². The SMILES string of the molecule is CC1=C2CCC3(CC(C)C(=O)O3)C3CCC(C4CC(C)C(=O)O4)N3C2OC1=O. The zero-order valence-corrected chi connectivity index (χ0v) is 16.6. The number of carbonyl (C=O) groups excluding carboxylic acids is 3. The van der Waals surface area contributed by atoms with Crippen LogP contribution < -0.4 is 0 Å². The van der Waals surface area contributed by atoms with E-state index in [2.05, 4.69) is 4.90 Å². The molecule has 0 bridgehead atoms. The smallest absolute Gasteiger partial charge is 0.335 e. The van der Waals surface area contributed by atoms with E-state index < -0.39 is 11.8 Å². The molecule has 0 radical (unpaired) electrons. The van der Waals surface area contributed by atoms with Gasteiger partial charge in [0.25, 0.3) is 0 Å². The molecule has 4 fully saturated rings. The molecule has 0 aliphatic carbocycles. The topological polar surface area (TPSA) is 82.1 Å². The van der Waals surface area contributed by atoms with Crippen molar-refractivity contribution in [2.45, 2.75) is 89.3 Å². The summed E-state index contributed by atoms with van der Waals surface area (Å²) in [5, 5.41) is 0. The van der Waals surface area contributed by atoms with Crippen molar-refractivity contribution in [3.05, 3.63) is 11.1 Å². The first-order valence-corrected chi connectivity index (χ1v) is 10.4. The Morgan fingerprint density at radius 3 is 2.46 bits per heavy atom. The van der Waals surface area contributed by atoms with Gasteiger partial charge in [0.1, 0.15) is 11.7 Å². The lowest BCUT2D eigenvalue weighted by Crippen LogP contribution is -2.56. The number of fused-ring (bicyclic) bond motifs is 4. The van der Waals surface area contributed by atoms with Crippen molar-refractivity contribution in [1.29, 1.82) is 0 Å². The van der Waals surface area contributed by atoms with Gasteiger partial charge in [0.05, 0.1) is 23.9 Å². The molecule has 0 aromatic carbocycles. The van der Waals surface area contributed by atoms with Gasteiger partial charge in [-0.15, -0.1) is 0 Å². The first-order chi connectivity index (χ1) is 13.3. The molecule has 0 saturated carbocycles. The van der Waals surface area contributed by atoms with E-state index in [1.165, 1.54) is 0 Å². The minimum Gasteiger partial charge on any atom is -0.460 e. The van der Waals surface area contributed by atoms with Gasteiger partial charge in [-0.2, -0.15) is 0 Å². The van der Waals surface area contributed by atoms with E-state index in [1.54, 1.807) is 0 Å². The quantitative estimate of drug-likeness (QED) is 0.502. The van der Waals surface area contributed by atoms with Crippen LogP contribution in [0, 0.1) is 11.8 Å². The van der Waals surface area contributed by atoms with Crippen molar-refractivity contribution in [3.8, 4) is 0 Å². The van der Waals surface area contributed by atoms with E-state index in [0.29, 0.717) is 31.3 Å². The summed E-state index contributed by atoms with van der Waals surface area (Å²) in [7, 11) is 0. The molecule has 7 unspecified atom stereocenters. The van der Waals surface area contributed by atoms with Crippen molar-refractivity contribution in [3.63, 3.8) is 0 Å². The molecule has 0 aromatic rings. The number of nitrogens with zero attached hydrogens (tertiary/aromatic N) is 1. The average molecular weight is 389 g/mol. The van der Waals surface area contributed by atoms with E-state index in [9.17, 15) is 14.4 Å². The second-order valence-corrected chi connectivity index (χ2v) is 9.22.